The molecule has 5 heteroatoms. The average molecular weight is 361 g/mol. The van der Waals surface area contributed by atoms with Gasteiger partial charge in [0.25, 0.3) is 0 Å². The molecule has 1 aliphatic rings. The molecule has 0 unspecified atom stereocenters. The maximum atomic E-state index is 4.38. The lowest BCUT2D eigenvalue weighted by Gasteiger charge is -2.33. The van der Waals surface area contributed by atoms with Crippen molar-refractivity contribution in [3.8, 4) is 0 Å². The zero-order chi connectivity index (χ0) is 15.5. The van der Waals surface area contributed by atoms with Gasteiger partial charge >= 0.3 is 0 Å². The van der Waals surface area contributed by atoms with E-state index in [1.807, 2.05) is 6.20 Å². The van der Waals surface area contributed by atoms with Crippen molar-refractivity contribution in [2.75, 3.05) is 23.3 Å². The Kier molecular flexibility index (Phi) is 4.62. The minimum Gasteiger partial charge on any atom is -0.382 e. The number of hydrogen-bond donors (Lipinski definition) is 1. The predicted octanol–water partition coefficient (Wildman–Crippen LogP) is 3.94. The SMILES string of the molecule is Cc1cc(NC2CCN(c3cnccn3)CC2)cc(C)c1Br. The van der Waals surface area contributed by atoms with E-state index in [1.54, 1.807) is 12.4 Å². The Balaban J connectivity index is 1.60. The predicted molar refractivity (Wildman–Crippen MR) is 94.5 cm³/mol. The number of aryl methyl sites for hydroxylation is 2. The summed E-state index contributed by atoms with van der Waals surface area (Å²) in [6.07, 6.45) is 7.55. The van der Waals surface area contributed by atoms with Gasteiger partial charge in [-0.3, -0.25) is 4.98 Å². The second-order valence-corrected chi connectivity index (χ2v) is 6.69. The Morgan fingerprint density at radius 1 is 1.14 bits per heavy atom. The molecule has 22 heavy (non-hydrogen) atoms. The van der Waals surface area contributed by atoms with Crippen LogP contribution in [0.2, 0.25) is 0 Å². The number of nitrogens with zero attached hydrogens (tertiary/aromatic N) is 3. The topological polar surface area (TPSA) is 41.0 Å². The second kappa shape index (κ2) is 6.65. The lowest BCUT2D eigenvalue weighted by Crippen LogP contribution is -2.39. The molecule has 1 N–H and O–H groups in total. The highest BCUT2D eigenvalue weighted by atomic mass is 79.9. The van der Waals surface area contributed by atoms with Crippen molar-refractivity contribution in [3.05, 3.63) is 46.3 Å². The van der Waals surface area contributed by atoms with Gasteiger partial charge in [0.1, 0.15) is 5.82 Å². The highest BCUT2D eigenvalue weighted by Gasteiger charge is 2.20. The van der Waals surface area contributed by atoms with Gasteiger partial charge in [0.2, 0.25) is 0 Å². The van der Waals surface area contributed by atoms with E-state index in [4.69, 9.17) is 0 Å². The van der Waals surface area contributed by atoms with Crippen molar-refractivity contribution in [1.82, 2.24) is 9.97 Å². The highest BCUT2D eigenvalue weighted by Crippen LogP contribution is 2.27. The van der Waals surface area contributed by atoms with Gasteiger partial charge in [0, 0.05) is 41.7 Å². The Hall–Kier alpha value is -1.62. The van der Waals surface area contributed by atoms with Crippen LogP contribution in [0.3, 0.4) is 0 Å². The summed E-state index contributed by atoms with van der Waals surface area (Å²) >= 11 is 3.62. The molecule has 116 valence electrons. The number of hydrogen-bond acceptors (Lipinski definition) is 4. The Bertz CT molecular complexity index is 613. The van der Waals surface area contributed by atoms with Gasteiger partial charge in [-0.25, -0.2) is 4.98 Å². The molecule has 3 rings (SSSR count). The smallest absolute Gasteiger partial charge is 0.147 e. The van der Waals surface area contributed by atoms with Crippen LogP contribution in [-0.2, 0) is 0 Å². The van der Waals surface area contributed by atoms with Crippen LogP contribution < -0.4 is 10.2 Å². The molecule has 0 saturated carbocycles. The summed E-state index contributed by atoms with van der Waals surface area (Å²) in [7, 11) is 0. The lowest BCUT2D eigenvalue weighted by atomic mass is 10.0. The molecule has 0 radical (unpaired) electrons. The molecule has 2 aromatic rings. The third kappa shape index (κ3) is 3.40. The van der Waals surface area contributed by atoms with E-state index in [9.17, 15) is 0 Å². The van der Waals surface area contributed by atoms with Crippen molar-refractivity contribution in [3.63, 3.8) is 0 Å². The minimum atomic E-state index is 0.521. The van der Waals surface area contributed by atoms with Crippen LogP contribution in [0.15, 0.2) is 35.2 Å². The van der Waals surface area contributed by atoms with Gasteiger partial charge in [0.15, 0.2) is 0 Å². The molecule has 0 aliphatic carbocycles. The number of anilines is 2. The largest absolute Gasteiger partial charge is 0.382 e. The molecule has 0 spiro atoms. The fourth-order valence-electron chi connectivity index (χ4n) is 2.97. The summed E-state index contributed by atoms with van der Waals surface area (Å²) in [5, 5.41) is 3.68. The fraction of sp³-hybridized carbons (Fsp3) is 0.412. The normalized spacial score (nSPS) is 15.9. The zero-order valence-electron chi connectivity index (χ0n) is 13.0. The fourth-order valence-corrected chi connectivity index (χ4v) is 3.20. The molecule has 0 atom stereocenters. The van der Waals surface area contributed by atoms with Crippen LogP contribution in [-0.4, -0.2) is 29.1 Å². The van der Waals surface area contributed by atoms with E-state index in [0.717, 1.165) is 31.7 Å². The van der Waals surface area contributed by atoms with Crippen LogP contribution in [0.5, 0.6) is 0 Å². The molecular formula is C17H21BrN4. The highest BCUT2D eigenvalue weighted by molar-refractivity contribution is 9.10. The van der Waals surface area contributed by atoms with E-state index >= 15 is 0 Å². The maximum absolute atomic E-state index is 4.38. The van der Waals surface area contributed by atoms with Crippen molar-refractivity contribution in [2.45, 2.75) is 32.7 Å². The molecule has 1 aromatic heterocycles. The van der Waals surface area contributed by atoms with Gasteiger partial charge < -0.3 is 10.2 Å². The first-order valence-electron chi connectivity index (χ1n) is 7.68. The van der Waals surface area contributed by atoms with Crippen LogP contribution in [0.25, 0.3) is 0 Å². The number of piperidine rings is 1. The number of benzene rings is 1. The van der Waals surface area contributed by atoms with Gasteiger partial charge in [0.05, 0.1) is 6.20 Å². The molecule has 1 aliphatic heterocycles. The third-order valence-electron chi connectivity index (χ3n) is 4.18. The number of rotatable bonds is 3. The lowest BCUT2D eigenvalue weighted by molar-refractivity contribution is 0.523. The molecular weight excluding hydrogens is 340 g/mol. The third-order valence-corrected chi connectivity index (χ3v) is 5.43. The van der Waals surface area contributed by atoms with Gasteiger partial charge in [-0.15, -0.1) is 0 Å². The van der Waals surface area contributed by atoms with E-state index < -0.39 is 0 Å². The van der Waals surface area contributed by atoms with E-state index in [1.165, 1.54) is 21.3 Å². The summed E-state index contributed by atoms with van der Waals surface area (Å²) in [6.45, 7) is 6.31. The molecule has 1 fully saturated rings. The molecule has 1 aromatic carbocycles. The second-order valence-electron chi connectivity index (χ2n) is 5.89. The number of nitrogens with one attached hydrogen (secondary N) is 1. The maximum Gasteiger partial charge on any atom is 0.147 e. The Morgan fingerprint density at radius 2 is 1.82 bits per heavy atom. The van der Waals surface area contributed by atoms with Crippen LogP contribution in [0.1, 0.15) is 24.0 Å². The van der Waals surface area contributed by atoms with E-state index in [2.05, 4.69) is 62.1 Å². The first kappa shape index (κ1) is 15.3. The quantitative estimate of drug-likeness (QED) is 0.899. The molecule has 0 amide bonds. The summed E-state index contributed by atoms with van der Waals surface area (Å²) in [4.78, 5) is 10.8. The monoisotopic (exact) mass is 360 g/mol. The van der Waals surface area contributed by atoms with Gasteiger partial charge in [-0.1, -0.05) is 15.9 Å². The Labute approximate surface area is 140 Å². The standard InChI is InChI=1S/C17H21BrN4/c1-12-9-15(10-13(2)17(12)18)21-14-3-7-22(8-4-14)16-11-19-5-6-20-16/h5-6,9-11,14,21H,3-4,7-8H2,1-2H3. The van der Waals surface area contributed by atoms with Crippen molar-refractivity contribution in [2.24, 2.45) is 0 Å². The van der Waals surface area contributed by atoms with Crippen molar-refractivity contribution in [1.29, 1.82) is 0 Å². The Morgan fingerprint density at radius 3 is 2.41 bits per heavy atom. The molecule has 4 nitrogen and oxygen atoms in total. The summed E-state index contributed by atoms with van der Waals surface area (Å²) in [5.41, 5.74) is 3.77. The molecule has 0 bridgehead atoms. The number of aromatic nitrogens is 2. The van der Waals surface area contributed by atoms with Gasteiger partial charge in [-0.05, 0) is 49.9 Å². The molecule has 2 heterocycles. The van der Waals surface area contributed by atoms with Crippen LogP contribution in [0.4, 0.5) is 11.5 Å². The molecule has 1 saturated heterocycles. The van der Waals surface area contributed by atoms with E-state index in [0.29, 0.717) is 6.04 Å². The summed E-state index contributed by atoms with van der Waals surface area (Å²) in [5.74, 6) is 0.983. The minimum absolute atomic E-state index is 0.521. The zero-order valence-corrected chi connectivity index (χ0v) is 14.6. The van der Waals surface area contributed by atoms with Crippen molar-refractivity contribution < 1.29 is 0 Å². The van der Waals surface area contributed by atoms with Crippen molar-refractivity contribution >= 4 is 27.4 Å². The van der Waals surface area contributed by atoms with E-state index in [-0.39, 0.29) is 0 Å². The van der Waals surface area contributed by atoms with Gasteiger partial charge in [-0.2, -0.15) is 0 Å². The number of halogens is 1. The average Bonchev–Trinajstić information content (AvgIpc) is 2.54. The first-order valence-corrected chi connectivity index (χ1v) is 8.47. The van der Waals surface area contributed by atoms with Crippen LogP contribution in [0, 0.1) is 13.8 Å². The van der Waals surface area contributed by atoms with Crippen LogP contribution >= 0.6 is 15.9 Å². The first-order chi connectivity index (χ1) is 10.6. The summed E-state index contributed by atoms with van der Waals surface area (Å²) in [6, 6.07) is 4.95. The summed E-state index contributed by atoms with van der Waals surface area (Å²) < 4.78 is 1.20.